The number of amides is 1. The molecule has 0 saturated carbocycles. The standard InChI is InChI=1S/C19H19N3O6S2/c1-3-28-17(23)11-22-15-9-8-14(30(20,25)26)10-16(15)29-19(22)21-18(24)12-4-6-13(27-2)7-5-12/h4-10H,3,11H2,1-2H3,(H2,20,25,26). The van der Waals surface area contributed by atoms with Crippen molar-refractivity contribution >= 4 is 43.5 Å². The van der Waals surface area contributed by atoms with E-state index < -0.39 is 21.9 Å². The molecule has 2 aromatic carbocycles. The Hall–Kier alpha value is -3.02. The van der Waals surface area contributed by atoms with Crippen LogP contribution in [0.5, 0.6) is 5.75 Å². The van der Waals surface area contributed by atoms with Crippen molar-refractivity contribution < 1.29 is 27.5 Å². The molecule has 0 atom stereocenters. The van der Waals surface area contributed by atoms with Crippen molar-refractivity contribution in [2.45, 2.75) is 18.4 Å². The van der Waals surface area contributed by atoms with Crippen LogP contribution in [0.4, 0.5) is 0 Å². The minimum Gasteiger partial charge on any atom is -0.497 e. The van der Waals surface area contributed by atoms with Crippen LogP contribution in [0.2, 0.25) is 0 Å². The number of nitrogens with two attached hydrogens (primary N) is 1. The highest BCUT2D eigenvalue weighted by Gasteiger charge is 2.16. The van der Waals surface area contributed by atoms with Crippen molar-refractivity contribution in [3.05, 3.63) is 52.8 Å². The van der Waals surface area contributed by atoms with E-state index in [9.17, 15) is 18.0 Å². The Bertz CT molecular complexity index is 1270. The molecule has 9 nitrogen and oxygen atoms in total. The molecule has 1 heterocycles. The van der Waals surface area contributed by atoms with Crippen molar-refractivity contribution in [1.29, 1.82) is 0 Å². The van der Waals surface area contributed by atoms with Crippen LogP contribution >= 0.6 is 11.3 Å². The summed E-state index contributed by atoms with van der Waals surface area (Å²) in [5.41, 5.74) is 0.864. The molecule has 158 valence electrons. The van der Waals surface area contributed by atoms with Gasteiger partial charge in [0.25, 0.3) is 5.91 Å². The van der Waals surface area contributed by atoms with Crippen LogP contribution in [-0.2, 0) is 26.1 Å². The molecule has 30 heavy (non-hydrogen) atoms. The first kappa shape index (κ1) is 21.7. The fourth-order valence-electron chi connectivity index (χ4n) is 2.69. The molecule has 1 aromatic heterocycles. The highest BCUT2D eigenvalue weighted by molar-refractivity contribution is 7.89. The van der Waals surface area contributed by atoms with Gasteiger partial charge < -0.3 is 14.0 Å². The van der Waals surface area contributed by atoms with E-state index >= 15 is 0 Å². The predicted molar refractivity (Wildman–Crippen MR) is 111 cm³/mol. The maximum Gasteiger partial charge on any atom is 0.326 e. The summed E-state index contributed by atoms with van der Waals surface area (Å²) in [7, 11) is -2.39. The molecule has 0 bridgehead atoms. The first-order valence-electron chi connectivity index (χ1n) is 8.78. The third-order valence-corrected chi connectivity index (χ3v) is 6.06. The SMILES string of the molecule is CCOC(=O)Cn1c(=NC(=O)c2ccc(OC)cc2)sc2cc(S(N)(=O)=O)ccc21. The van der Waals surface area contributed by atoms with Crippen LogP contribution in [0.1, 0.15) is 17.3 Å². The zero-order chi connectivity index (χ0) is 21.9. The van der Waals surface area contributed by atoms with Gasteiger partial charge in [-0.05, 0) is 49.4 Å². The van der Waals surface area contributed by atoms with Crippen molar-refractivity contribution in [3.63, 3.8) is 0 Å². The Labute approximate surface area is 176 Å². The number of ether oxygens (including phenoxy) is 2. The molecule has 0 spiro atoms. The molecule has 0 saturated heterocycles. The predicted octanol–water partition coefficient (Wildman–Crippen LogP) is 1.66. The third-order valence-electron chi connectivity index (χ3n) is 4.11. The zero-order valence-corrected chi connectivity index (χ0v) is 17.8. The summed E-state index contributed by atoms with van der Waals surface area (Å²) in [6.45, 7) is 1.71. The number of rotatable bonds is 6. The monoisotopic (exact) mass is 449 g/mol. The van der Waals surface area contributed by atoms with Crippen molar-refractivity contribution in [2.24, 2.45) is 10.1 Å². The molecule has 0 aliphatic heterocycles. The zero-order valence-electron chi connectivity index (χ0n) is 16.2. The van der Waals surface area contributed by atoms with E-state index in [0.717, 1.165) is 11.3 Å². The number of esters is 1. The molecule has 0 aliphatic rings. The molecule has 3 rings (SSSR count). The van der Waals surface area contributed by atoms with E-state index in [0.29, 0.717) is 21.5 Å². The molecular formula is C19H19N3O6S2. The van der Waals surface area contributed by atoms with Gasteiger partial charge in [0.2, 0.25) is 10.0 Å². The Morgan fingerprint density at radius 1 is 1.17 bits per heavy atom. The van der Waals surface area contributed by atoms with Gasteiger partial charge in [-0.2, -0.15) is 4.99 Å². The Morgan fingerprint density at radius 3 is 2.47 bits per heavy atom. The first-order chi connectivity index (χ1) is 14.2. The van der Waals surface area contributed by atoms with E-state index in [1.807, 2.05) is 0 Å². The Kier molecular flexibility index (Phi) is 6.34. The number of benzene rings is 2. The van der Waals surface area contributed by atoms with Crippen LogP contribution in [-0.4, -0.2) is 38.6 Å². The van der Waals surface area contributed by atoms with Gasteiger partial charge in [0.1, 0.15) is 12.3 Å². The van der Waals surface area contributed by atoms with Gasteiger partial charge in [0.05, 0.1) is 28.8 Å². The van der Waals surface area contributed by atoms with Crippen molar-refractivity contribution in [1.82, 2.24) is 4.57 Å². The number of thiazole rings is 1. The first-order valence-corrected chi connectivity index (χ1v) is 11.1. The van der Waals surface area contributed by atoms with Gasteiger partial charge >= 0.3 is 5.97 Å². The number of carbonyl (C=O) groups excluding carboxylic acids is 2. The Balaban J connectivity index is 2.13. The maximum absolute atomic E-state index is 12.6. The number of aromatic nitrogens is 1. The molecule has 0 fully saturated rings. The van der Waals surface area contributed by atoms with Crippen LogP contribution in [0.15, 0.2) is 52.4 Å². The lowest BCUT2D eigenvalue weighted by molar-refractivity contribution is -0.143. The molecule has 11 heteroatoms. The maximum atomic E-state index is 12.6. The van der Waals surface area contributed by atoms with E-state index in [1.54, 1.807) is 31.2 Å². The second kappa shape index (κ2) is 8.78. The fourth-order valence-corrected chi connectivity index (χ4v) is 4.37. The van der Waals surface area contributed by atoms with Crippen molar-refractivity contribution in [3.8, 4) is 5.75 Å². The summed E-state index contributed by atoms with van der Waals surface area (Å²) in [6.07, 6.45) is 0. The summed E-state index contributed by atoms with van der Waals surface area (Å²) in [5.74, 6) is -0.430. The fraction of sp³-hybridized carbons (Fsp3) is 0.211. The smallest absolute Gasteiger partial charge is 0.326 e. The van der Waals surface area contributed by atoms with Gasteiger partial charge in [-0.3, -0.25) is 9.59 Å². The number of fused-ring (bicyclic) bond motifs is 1. The Morgan fingerprint density at radius 2 is 1.87 bits per heavy atom. The number of methoxy groups -OCH3 is 1. The number of sulfonamides is 1. The van der Waals surface area contributed by atoms with Gasteiger partial charge in [-0.15, -0.1) is 0 Å². The quantitative estimate of drug-likeness (QED) is 0.570. The van der Waals surface area contributed by atoms with Crippen LogP contribution in [0, 0.1) is 0 Å². The molecule has 0 radical (unpaired) electrons. The molecule has 0 unspecified atom stereocenters. The number of hydrogen-bond donors (Lipinski definition) is 1. The van der Waals surface area contributed by atoms with E-state index in [-0.39, 0.29) is 22.8 Å². The topological polar surface area (TPSA) is 130 Å². The number of nitrogens with zero attached hydrogens (tertiary/aromatic N) is 2. The average molecular weight is 450 g/mol. The molecule has 3 aromatic rings. The molecule has 0 aliphatic carbocycles. The van der Waals surface area contributed by atoms with Crippen LogP contribution in [0.3, 0.4) is 0 Å². The number of carbonyl (C=O) groups is 2. The summed E-state index contributed by atoms with van der Waals surface area (Å²) in [6, 6.07) is 10.7. The van der Waals surface area contributed by atoms with Gasteiger partial charge in [0.15, 0.2) is 4.80 Å². The summed E-state index contributed by atoms with van der Waals surface area (Å²) < 4.78 is 35.4. The highest BCUT2D eigenvalue weighted by Crippen LogP contribution is 2.22. The summed E-state index contributed by atoms with van der Waals surface area (Å²) in [4.78, 5) is 29.0. The van der Waals surface area contributed by atoms with Gasteiger partial charge in [-0.25, -0.2) is 13.6 Å². The van der Waals surface area contributed by atoms with Gasteiger partial charge in [0, 0.05) is 5.56 Å². The highest BCUT2D eigenvalue weighted by atomic mass is 32.2. The largest absolute Gasteiger partial charge is 0.497 e. The summed E-state index contributed by atoms with van der Waals surface area (Å²) >= 11 is 1.07. The number of hydrogen-bond acceptors (Lipinski definition) is 7. The minimum atomic E-state index is -3.91. The average Bonchev–Trinajstić information content (AvgIpc) is 3.03. The molecule has 2 N–H and O–H groups in total. The second-order valence-corrected chi connectivity index (χ2v) is 8.67. The lowest BCUT2D eigenvalue weighted by atomic mass is 10.2. The second-order valence-electron chi connectivity index (χ2n) is 6.10. The van der Waals surface area contributed by atoms with Crippen molar-refractivity contribution in [2.75, 3.05) is 13.7 Å². The van der Waals surface area contributed by atoms with Crippen LogP contribution < -0.4 is 14.7 Å². The van der Waals surface area contributed by atoms with Gasteiger partial charge in [-0.1, -0.05) is 11.3 Å². The van der Waals surface area contributed by atoms with E-state index in [1.165, 1.54) is 29.9 Å². The lowest BCUT2D eigenvalue weighted by Gasteiger charge is -2.05. The molecular weight excluding hydrogens is 430 g/mol. The van der Waals surface area contributed by atoms with Crippen LogP contribution in [0.25, 0.3) is 10.2 Å². The van der Waals surface area contributed by atoms with E-state index in [4.69, 9.17) is 14.6 Å². The molecule has 1 amide bonds. The third kappa shape index (κ3) is 4.75. The lowest BCUT2D eigenvalue weighted by Crippen LogP contribution is -2.23. The van der Waals surface area contributed by atoms with E-state index in [2.05, 4.69) is 4.99 Å². The normalized spacial score (nSPS) is 12.2. The number of primary sulfonamides is 1. The minimum absolute atomic E-state index is 0.0763. The summed E-state index contributed by atoms with van der Waals surface area (Å²) in [5, 5.41) is 5.20.